The normalized spacial score (nSPS) is 10.7. The van der Waals surface area contributed by atoms with Gasteiger partial charge in [0.15, 0.2) is 0 Å². The second-order valence-electron chi connectivity index (χ2n) is 4.35. The van der Waals surface area contributed by atoms with Crippen LogP contribution in [0.25, 0.3) is 5.69 Å². The van der Waals surface area contributed by atoms with Crippen LogP contribution in [0.2, 0.25) is 0 Å². The molecule has 0 aliphatic carbocycles. The molecule has 0 aliphatic heterocycles. The van der Waals surface area contributed by atoms with E-state index in [0.717, 1.165) is 11.3 Å². The van der Waals surface area contributed by atoms with Crippen molar-refractivity contribution < 1.29 is 10.2 Å². The molecule has 0 radical (unpaired) electrons. The van der Waals surface area contributed by atoms with Crippen LogP contribution in [0.5, 0.6) is 11.5 Å². The first-order valence-corrected chi connectivity index (χ1v) is 7.19. The zero-order valence-electron chi connectivity index (χ0n) is 10.9. The van der Waals surface area contributed by atoms with Gasteiger partial charge < -0.3 is 10.2 Å². The minimum absolute atomic E-state index is 0.195. The van der Waals surface area contributed by atoms with Crippen molar-refractivity contribution in [3.63, 3.8) is 0 Å². The van der Waals surface area contributed by atoms with Crippen molar-refractivity contribution in [1.82, 2.24) is 20.2 Å². The number of aromatic nitrogens is 4. The second-order valence-corrected chi connectivity index (χ2v) is 5.29. The van der Waals surface area contributed by atoms with E-state index in [1.807, 2.05) is 6.07 Å². The lowest BCUT2D eigenvalue weighted by atomic mass is 10.2. The summed E-state index contributed by atoms with van der Waals surface area (Å²) in [7, 11) is 0. The van der Waals surface area contributed by atoms with Crippen LogP contribution >= 0.6 is 11.8 Å². The van der Waals surface area contributed by atoms with Crippen LogP contribution in [0.1, 0.15) is 5.56 Å². The monoisotopic (exact) mass is 300 g/mol. The Balaban J connectivity index is 1.78. The summed E-state index contributed by atoms with van der Waals surface area (Å²) in [5.74, 6) is 1.08. The molecule has 106 valence electrons. The van der Waals surface area contributed by atoms with E-state index in [1.165, 1.54) is 11.8 Å². The molecular formula is C14H12N4O2S. The van der Waals surface area contributed by atoms with E-state index in [0.29, 0.717) is 10.9 Å². The third-order valence-corrected chi connectivity index (χ3v) is 3.80. The van der Waals surface area contributed by atoms with Gasteiger partial charge in [0.1, 0.15) is 11.5 Å². The topological polar surface area (TPSA) is 84.1 Å². The van der Waals surface area contributed by atoms with Crippen LogP contribution in [0, 0.1) is 0 Å². The minimum atomic E-state index is 0.195. The van der Waals surface area contributed by atoms with Crippen molar-refractivity contribution in [1.29, 1.82) is 0 Å². The smallest absolute Gasteiger partial charge is 0.214 e. The molecule has 6 nitrogen and oxygen atoms in total. The highest BCUT2D eigenvalue weighted by atomic mass is 32.2. The highest BCUT2D eigenvalue weighted by molar-refractivity contribution is 7.98. The zero-order valence-corrected chi connectivity index (χ0v) is 11.7. The van der Waals surface area contributed by atoms with Crippen molar-refractivity contribution in [2.24, 2.45) is 0 Å². The number of tetrazole rings is 1. The van der Waals surface area contributed by atoms with Crippen molar-refractivity contribution in [2.75, 3.05) is 0 Å². The average molecular weight is 300 g/mol. The number of thioether (sulfide) groups is 1. The molecule has 0 bridgehead atoms. The number of nitrogens with zero attached hydrogens (tertiary/aromatic N) is 4. The Bertz CT molecular complexity index is 743. The van der Waals surface area contributed by atoms with Gasteiger partial charge in [0.25, 0.3) is 0 Å². The molecule has 0 amide bonds. The average Bonchev–Trinajstić information content (AvgIpc) is 2.94. The molecule has 0 spiro atoms. The summed E-state index contributed by atoms with van der Waals surface area (Å²) in [4.78, 5) is 0. The number of benzene rings is 2. The molecule has 0 saturated heterocycles. The largest absolute Gasteiger partial charge is 0.508 e. The molecule has 0 saturated carbocycles. The quantitative estimate of drug-likeness (QED) is 0.720. The summed E-state index contributed by atoms with van der Waals surface area (Å²) < 4.78 is 1.60. The van der Waals surface area contributed by atoms with Crippen molar-refractivity contribution in [3.8, 4) is 17.2 Å². The Hall–Kier alpha value is -2.54. The van der Waals surface area contributed by atoms with Gasteiger partial charge >= 0.3 is 0 Å². The van der Waals surface area contributed by atoms with E-state index in [-0.39, 0.29) is 11.5 Å². The third-order valence-electron chi connectivity index (χ3n) is 2.81. The van der Waals surface area contributed by atoms with Gasteiger partial charge in [-0.2, -0.15) is 4.68 Å². The second kappa shape index (κ2) is 5.84. The fourth-order valence-corrected chi connectivity index (χ4v) is 2.65. The van der Waals surface area contributed by atoms with Gasteiger partial charge in [0.05, 0.1) is 5.69 Å². The summed E-state index contributed by atoms with van der Waals surface area (Å²) in [6, 6.07) is 13.7. The number of rotatable bonds is 4. The van der Waals surface area contributed by atoms with Crippen LogP contribution < -0.4 is 0 Å². The van der Waals surface area contributed by atoms with E-state index in [4.69, 9.17) is 0 Å². The molecule has 3 aromatic rings. The first-order valence-electron chi connectivity index (χ1n) is 6.21. The van der Waals surface area contributed by atoms with E-state index < -0.39 is 0 Å². The summed E-state index contributed by atoms with van der Waals surface area (Å²) >= 11 is 1.47. The molecule has 0 unspecified atom stereocenters. The van der Waals surface area contributed by atoms with Gasteiger partial charge in [-0.15, -0.1) is 5.10 Å². The van der Waals surface area contributed by atoms with E-state index >= 15 is 0 Å². The van der Waals surface area contributed by atoms with Gasteiger partial charge in [-0.1, -0.05) is 23.9 Å². The molecule has 0 aliphatic rings. The molecule has 7 heteroatoms. The lowest BCUT2D eigenvalue weighted by molar-refractivity contribution is 0.474. The molecule has 2 aromatic carbocycles. The lowest BCUT2D eigenvalue weighted by Crippen LogP contribution is -1.98. The van der Waals surface area contributed by atoms with Gasteiger partial charge in [-0.25, -0.2) is 0 Å². The highest BCUT2D eigenvalue weighted by Gasteiger charge is 2.09. The van der Waals surface area contributed by atoms with Crippen molar-refractivity contribution in [2.45, 2.75) is 10.9 Å². The Morgan fingerprint density at radius 2 is 1.81 bits per heavy atom. The van der Waals surface area contributed by atoms with Gasteiger partial charge in [-0.05, 0) is 52.4 Å². The Morgan fingerprint density at radius 1 is 1.00 bits per heavy atom. The Kier molecular flexibility index (Phi) is 3.74. The predicted molar refractivity (Wildman–Crippen MR) is 78.5 cm³/mol. The van der Waals surface area contributed by atoms with Crippen LogP contribution in [0.4, 0.5) is 0 Å². The maximum atomic E-state index is 9.45. The maximum absolute atomic E-state index is 9.45. The molecular weight excluding hydrogens is 288 g/mol. The first-order chi connectivity index (χ1) is 10.2. The molecule has 21 heavy (non-hydrogen) atoms. The van der Waals surface area contributed by atoms with Crippen molar-refractivity contribution >= 4 is 11.8 Å². The molecule has 0 fully saturated rings. The van der Waals surface area contributed by atoms with Crippen molar-refractivity contribution in [3.05, 3.63) is 54.1 Å². The molecule has 0 atom stereocenters. The van der Waals surface area contributed by atoms with Gasteiger partial charge in [0, 0.05) is 5.75 Å². The summed E-state index contributed by atoms with van der Waals surface area (Å²) in [6.45, 7) is 0. The van der Waals surface area contributed by atoms with E-state index in [9.17, 15) is 10.2 Å². The van der Waals surface area contributed by atoms with E-state index in [2.05, 4.69) is 15.5 Å². The Labute approximate surface area is 125 Å². The number of aromatic hydroxyl groups is 2. The number of hydrogen-bond donors (Lipinski definition) is 2. The van der Waals surface area contributed by atoms with Crippen LogP contribution in [-0.4, -0.2) is 30.4 Å². The molecule has 1 aromatic heterocycles. The summed E-state index contributed by atoms with van der Waals surface area (Å²) in [5.41, 5.74) is 1.76. The standard InChI is InChI=1S/C14H12N4O2S/c19-12-6-4-11(5-7-12)18-14(15-16-17-18)21-9-10-2-1-3-13(20)8-10/h1-8,19-20H,9H2. The summed E-state index contributed by atoms with van der Waals surface area (Å²) in [6.07, 6.45) is 0. The molecule has 3 rings (SSSR count). The SMILES string of the molecule is Oc1ccc(-n2nnnc2SCc2cccc(O)c2)cc1. The first kappa shape index (κ1) is 13.4. The third kappa shape index (κ3) is 3.14. The van der Waals surface area contributed by atoms with Gasteiger partial charge in [-0.3, -0.25) is 0 Å². The summed E-state index contributed by atoms with van der Waals surface area (Å²) in [5, 5.41) is 31.0. The predicted octanol–water partition coefficient (Wildman–Crippen LogP) is 2.37. The number of phenols is 2. The molecule has 2 N–H and O–H groups in total. The fraction of sp³-hybridized carbons (Fsp3) is 0.0714. The fourth-order valence-electron chi connectivity index (χ4n) is 1.82. The Morgan fingerprint density at radius 3 is 2.57 bits per heavy atom. The van der Waals surface area contributed by atoms with Crippen LogP contribution in [0.3, 0.4) is 0 Å². The maximum Gasteiger partial charge on any atom is 0.214 e. The number of hydrogen-bond acceptors (Lipinski definition) is 6. The van der Waals surface area contributed by atoms with Crippen LogP contribution in [-0.2, 0) is 5.75 Å². The zero-order chi connectivity index (χ0) is 14.7. The number of phenolic OH excluding ortho intramolecular Hbond substituents is 2. The minimum Gasteiger partial charge on any atom is -0.508 e. The van der Waals surface area contributed by atoms with Crippen LogP contribution in [0.15, 0.2) is 53.7 Å². The van der Waals surface area contributed by atoms with Gasteiger partial charge in [0.2, 0.25) is 5.16 Å². The molecule has 1 heterocycles. The highest BCUT2D eigenvalue weighted by Crippen LogP contribution is 2.24. The lowest BCUT2D eigenvalue weighted by Gasteiger charge is -2.04. The van der Waals surface area contributed by atoms with E-state index in [1.54, 1.807) is 47.1 Å².